The van der Waals surface area contributed by atoms with Crippen molar-refractivity contribution >= 4 is 22.3 Å². The molecule has 0 saturated heterocycles. The van der Waals surface area contributed by atoms with Crippen LogP contribution >= 0.6 is 0 Å². The molecule has 0 unspecified atom stereocenters. The third kappa shape index (κ3) is 1.91. The first-order chi connectivity index (χ1) is 11.2. The van der Waals surface area contributed by atoms with Crippen molar-refractivity contribution in [2.45, 2.75) is 0 Å². The largest absolute Gasteiger partial charge is 0.457 e. The van der Waals surface area contributed by atoms with Gasteiger partial charge < -0.3 is 4.74 Å². The van der Waals surface area contributed by atoms with Crippen molar-refractivity contribution in [2.75, 3.05) is 0 Å². The van der Waals surface area contributed by atoms with Gasteiger partial charge in [0.2, 0.25) is 11.6 Å². The lowest BCUT2D eigenvalue weighted by atomic mass is 10.0. The molecule has 0 fully saturated rings. The monoisotopic (exact) mass is 299 g/mol. The molecule has 3 aromatic rings. The summed E-state index contributed by atoms with van der Waals surface area (Å²) < 4.78 is 5.87. The molecule has 0 atom stereocenters. The fourth-order valence-corrected chi connectivity index (χ4v) is 2.82. The topological polar surface area (TPSA) is 67.2 Å². The van der Waals surface area contributed by atoms with Crippen LogP contribution in [0.5, 0.6) is 11.5 Å². The van der Waals surface area contributed by atoms with Gasteiger partial charge in [-0.2, -0.15) is 5.26 Å². The van der Waals surface area contributed by atoms with Crippen molar-refractivity contribution in [1.82, 2.24) is 0 Å². The van der Waals surface area contributed by atoms with Gasteiger partial charge in [-0.25, -0.2) is 0 Å². The molecular formula is C19H9NO3. The molecule has 23 heavy (non-hydrogen) atoms. The van der Waals surface area contributed by atoms with Crippen LogP contribution in [0, 0.1) is 11.3 Å². The summed E-state index contributed by atoms with van der Waals surface area (Å²) in [5.41, 5.74) is 1.40. The Morgan fingerprint density at radius 1 is 0.826 bits per heavy atom. The second-order valence-corrected chi connectivity index (χ2v) is 5.24. The summed E-state index contributed by atoms with van der Waals surface area (Å²) in [6, 6.07) is 17.3. The number of hydrogen-bond donors (Lipinski definition) is 0. The lowest BCUT2D eigenvalue weighted by Crippen LogP contribution is -2.05. The van der Waals surface area contributed by atoms with E-state index < -0.39 is 11.6 Å². The molecule has 0 aromatic heterocycles. The summed E-state index contributed by atoms with van der Waals surface area (Å²) in [6.07, 6.45) is 0. The van der Waals surface area contributed by atoms with E-state index in [1.807, 2.05) is 6.07 Å². The molecule has 1 aliphatic rings. The van der Waals surface area contributed by atoms with Gasteiger partial charge in [-0.05, 0) is 36.4 Å². The van der Waals surface area contributed by atoms with Crippen LogP contribution in [0.1, 0.15) is 26.3 Å². The number of carbonyl (C=O) groups is 2. The lowest BCUT2D eigenvalue weighted by Gasteiger charge is -2.10. The van der Waals surface area contributed by atoms with Gasteiger partial charge in [0.15, 0.2) is 0 Å². The predicted molar refractivity (Wildman–Crippen MR) is 83.8 cm³/mol. The normalized spacial score (nSPS) is 12.5. The number of ether oxygens (including phenoxy) is 1. The number of nitrogens with zero attached hydrogens (tertiary/aromatic N) is 1. The summed E-state index contributed by atoms with van der Waals surface area (Å²) in [4.78, 5) is 24.0. The highest BCUT2D eigenvalue weighted by Crippen LogP contribution is 2.37. The van der Waals surface area contributed by atoms with E-state index in [0.29, 0.717) is 33.6 Å². The Morgan fingerprint density at radius 2 is 1.52 bits per heavy atom. The molecule has 0 aliphatic heterocycles. The Balaban J connectivity index is 1.85. The number of hydrogen-bond acceptors (Lipinski definition) is 4. The Morgan fingerprint density at radius 3 is 2.22 bits per heavy atom. The maximum Gasteiger partial charge on any atom is 0.234 e. The fraction of sp³-hybridized carbons (Fsp3) is 0. The number of nitriles is 1. The van der Waals surface area contributed by atoms with Crippen LogP contribution < -0.4 is 4.74 Å². The van der Waals surface area contributed by atoms with E-state index in [9.17, 15) is 9.59 Å². The fourth-order valence-electron chi connectivity index (χ4n) is 2.82. The highest BCUT2D eigenvalue weighted by atomic mass is 16.5. The molecule has 3 aromatic carbocycles. The zero-order chi connectivity index (χ0) is 16.0. The molecule has 4 heteroatoms. The summed E-state index contributed by atoms with van der Waals surface area (Å²) in [6.45, 7) is 0. The number of benzene rings is 3. The molecule has 1 aliphatic carbocycles. The quantitative estimate of drug-likeness (QED) is 0.673. The first kappa shape index (κ1) is 13.2. The lowest BCUT2D eigenvalue weighted by molar-refractivity contribution is 0.0825. The first-order valence-corrected chi connectivity index (χ1v) is 7.02. The number of carbonyl (C=O) groups excluding carboxylic acids is 2. The van der Waals surface area contributed by atoms with Gasteiger partial charge in [-0.1, -0.05) is 18.2 Å². The smallest absolute Gasteiger partial charge is 0.234 e. The van der Waals surface area contributed by atoms with Crippen LogP contribution in [-0.2, 0) is 0 Å². The minimum atomic E-state index is -0.471. The van der Waals surface area contributed by atoms with E-state index in [4.69, 9.17) is 10.00 Å². The van der Waals surface area contributed by atoms with Crippen molar-refractivity contribution in [3.63, 3.8) is 0 Å². The third-order valence-electron chi connectivity index (χ3n) is 3.91. The Hall–Kier alpha value is -3.45. The molecule has 4 rings (SSSR count). The van der Waals surface area contributed by atoms with Crippen molar-refractivity contribution in [3.8, 4) is 17.6 Å². The van der Waals surface area contributed by atoms with E-state index in [1.54, 1.807) is 48.5 Å². The van der Waals surface area contributed by atoms with Crippen molar-refractivity contribution in [1.29, 1.82) is 5.26 Å². The van der Waals surface area contributed by atoms with Crippen LogP contribution in [-0.4, -0.2) is 11.6 Å². The van der Waals surface area contributed by atoms with Crippen LogP contribution in [0.25, 0.3) is 10.8 Å². The SMILES string of the molecule is N#Cc1ccc(Oc2ccc3c4c(cccc24)C(=O)C3=O)cc1. The van der Waals surface area contributed by atoms with Crippen LogP contribution in [0.4, 0.5) is 0 Å². The molecule has 0 spiro atoms. The summed E-state index contributed by atoms with van der Waals surface area (Å²) in [5, 5.41) is 10.2. The maximum absolute atomic E-state index is 12.0. The third-order valence-corrected chi connectivity index (χ3v) is 3.91. The molecule has 108 valence electrons. The van der Waals surface area contributed by atoms with E-state index in [0.717, 1.165) is 5.39 Å². The van der Waals surface area contributed by atoms with Crippen molar-refractivity contribution in [2.24, 2.45) is 0 Å². The van der Waals surface area contributed by atoms with Gasteiger partial charge in [-0.3, -0.25) is 9.59 Å². The standard InChI is InChI=1S/C19H9NO3/c20-10-11-4-6-12(7-5-11)23-16-9-8-15-17-13(16)2-1-3-14(17)18(21)19(15)22/h1-9H. The van der Waals surface area contributed by atoms with Crippen LogP contribution in [0.15, 0.2) is 54.6 Å². The number of Topliss-reactive ketones (excluding diaryl/α,β-unsaturated/α-hetero) is 2. The summed E-state index contributed by atoms with van der Waals surface area (Å²) in [7, 11) is 0. The van der Waals surface area contributed by atoms with Gasteiger partial charge in [0.25, 0.3) is 0 Å². The summed E-state index contributed by atoms with van der Waals surface area (Å²) in [5.74, 6) is 0.209. The minimum absolute atomic E-state index is 0.424. The Bertz CT molecular complexity index is 1010. The van der Waals surface area contributed by atoms with Crippen LogP contribution in [0.2, 0.25) is 0 Å². The zero-order valence-electron chi connectivity index (χ0n) is 11.9. The Kier molecular flexibility index (Phi) is 2.75. The molecule has 0 amide bonds. The van der Waals surface area contributed by atoms with Gasteiger partial charge in [0.05, 0.1) is 11.6 Å². The second-order valence-electron chi connectivity index (χ2n) is 5.24. The maximum atomic E-state index is 12.0. The van der Waals surface area contributed by atoms with Crippen molar-refractivity contribution < 1.29 is 14.3 Å². The Labute approximate surface area is 131 Å². The van der Waals surface area contributed by atoms with E-state index in [1.165, 1.54) is 0 Å². The number of rotatable bonds is 2. The van der Waals surface area contributed by atoms with E-state index in [2.05, 4.69) is 6.07 Å². The molecular weight excluding hydrogens is 290 g/mol. The molecule has 0 heterocycles. The van der Waals surface area contributed by atoms with Gasteiger partial charge >= 0.3 is 0 Å². The minimum Gasteiger partial charge on any atom is -0.457 e. The molecule has 4 nitrogen and oxygen atoms in total. The van der Waals surface area contributed by atoms with E-state index in [-0.39, 0.29) is 0 Å². The second kappa shape index (κ2) is 4.79. The predicted octanol–water partition coefficient (Wildman–Crippen LogP) is 3.88. The number of ketones is 2. The van der Waals surface area contributed by atoms with E-state index >= 15 is 0 Å². The van der Waals surface area contributed by atoms with Crippen molar-refractivity contribution in [3.05, 3.63) is 71.3 Å². The average Bonchev–Trinajstić information content (AvgIpc) is 2.84. The average molecular weight is 299 g/mol. The van der Waals surface area contributed by atoms with Gasteiger partial charge in [-0.15, -0.1) is 0 Å². The zero-order valence-corrected chi connectivity index (χ0v) is 11.9. The van der Waals surface area contributed by atoms with Crippen LogP contribution in [0.3, 0.4) is 0 Å². The molecule has 0 N–H and O–H groups in total. The molecule has 0 saturated carbocycles. The van der Waals surface area contributed by atoms with Gasteiger partial charge in [0.1, 0.15) is 11.5 Å². The van der Waals surface area contributed by atoms with Gasteiger partial charge in [0, 0.05) is 21.9 Å². The summed E-state index contributed by atoms with van der Waals surface area (Å²) >= 11 is 0. The molecule has 0 bridgehead atoms. The molecule has 0 radical (unpaired) electrons. The highest BCUT2D eigenvalue weighted by Gasteiger charge is 2.31. The highest BCUT2D eigenvalue weighted by molar-refractivity contribution is 6.57. The first-order valence-electron chi connectivity index (χ1n) is 7.02.